The van der Waals surface area contributed by atoms with Gasteiger partial charge in [0.2, 0.25) is 5.91 Å². The number of carbonyl (C=O) groups is 1. The molecule has 0 aliphatic heterocycles. The zero-order valence-corrected chi connectivity index (χ0v) is 18.2. The van der Waals surface area contributed by atoms with E-state index in [0.29, 0.717) is 19.0 Å². The lowest BCUT2D eigenvalue weighted by Crippen LogP contribution is -2.49. The van der Waals surface area contributed by atoms with Crippen LogP contribution in [-0.2, 0) is 11.3 Å². The van der Waals surface area contributed by atoms with Crippen molar-refractivity contribution in [3.05, 3.63) is 34.9 Å². The second-order valence-electron chi connectivity index (χ2n) is 6.56. The Kier molecular flexibility index (Phi) is 8.99. The first-order valence-electron chi connectivity index (χ1n) is 8.38. The number of nitrogens with one attached hydrogen (secondary N) is 2. The highest BCUT2D eigenvalue weighted by atomic mass is 127. The standard InChI is InChI=1S/C18H27ClN4O.HI/c1-20-17(21-12-14-8-4-5-9-15(14)19)22-13-18(10-6-7-11-18)16(24)23(2)3;/h4-5,8-9H,6-7,10-13H2,1-3H3,(H2,20,21,22);1H. The zero-order chi connectivity index (χ0) is 17.6. The van der Waals surface area contributed by atoms with E-state index in [0.717, 1.165) is 36.3 Å². The van der Waals surface area contributed by atoms with Gasteiger partial charge < -0.3 is 15.5 Å². The Labute approximate surface area is 172 Å². The molecule has 2 rings (SSSR count). The van der Waals surface area contributed by atoms with Crippen molar-refractivity contribution < 1.29 is 4.79 Å². The van der Waals surface area contributed by atoms with E-state index in [2.05, 4.69) is 15.6 Å². The third-order valence-corrected chi connectivity index (χ3v) is 5.01. The minimum absolute atomic E-state index is 0. The topological polar surface area (TPSA) is 56.7 Å². The second kappa shape index (κ2) is 10.2. The third kappa shape index (κ3) is 5.74. The molecule has 1 amide bonds. The molecule has 1 aromatic rings. The molecule has 0 heterocycles. The molecule has 140 valence electrons. The van der Waals surface area contributed by atoms with Crippen LogP contribution in [0.3, 0.4) is 0 Å². The van der Waals surface area contributed by atoms with E-state index in [1.807, 2.05) is 38.4 Å². The minimum atomic E-state index is -0.314. The van der Waals surface area contributed by atoms with Crippen molar-refractivity contribution in [1.29, 1.82) is 0 Å². The Morgan fingerprint density at radius 3 is 2.44 bits per heavy atom. The molecule has 0 aromatic heterocycles. The van der Waals surface area contributed by atoms with Crippen LogP contribution in [0.15, 0.2) is 29.3 Å². The number of rotatable bonds is 5. The molecule has 0 unspecified atom stereocenters. The van der Waals surface area contributed by atoms with Gasteiger partial charge in [0.05, 0.1) is 5.41 Å². The molecule has 1 aliphatic rings. The fourth-order valence-electron chi connectivity index (χ4n) is 3.29. The van der Waals surface area contributed by atoms with E-state index in [4.69, 9.17) is 11.6 Å². The van der Waals surface area contributed by atoms with Crippen molar-refractivity contribution in [2.24, 2.45) is 10.4 Å². The van der Waals surface area contributed by atoms with Crippen molar-refractivity contribution in [2.75, 3.05) is 27.7 Å². The average Bonchev–Trinajstić information content (AvgIpc) is 3.05. The summed E-state index contributed by atoms with van der Waals surface area (Å²) in [6.45, 7) is 1.19. The van der Waals surface area contributed by atoms with Gasteiger partial charge in [0.15, 0.2) is 5.96 Å². The number of guanidine groups is 1. The molecule has 1 aromatic carbocycles. The van der Waals surface area contributed by atoms with Gasteiger partial charge >= 0.3 is 0 Å². The van der Waals surface area contributed by atoms with Gasteiger partial charge in [-0.15, -0.1) is 24.0 Å². The highest BCUT2D eigenvalue weighted by Crippen LogP contribution is 2.38. The van der Waals surface area contributed by atoms with Crippen molar-refractivity contribution in [3.63, 3.8) is 0 Å². The van der Waals surface area contributed by atoms with Gasteiger partial charge in [-0.3, -0.25) is 9.79 Å². The van der Waals surface area contributed by atoms with Crippen LogP contribution < -0.4 is 10.6 Å². The molecular weight excluding hydrogens is 451 g/mol. The Bertz CT molecular complexity index is 600. The number of carbonyl (C=O) groups excluding carboxylic acids is 1. The van der Waals surface area contributed by atoms with Crippen LogP contribution in [0.4, 0.5) is 0 Å². The van der Waals surface area contributed by atoms with Gasteiger partial charge in [-0.25, -0.2) is 0 Å². The number of hydrogen-bond donors (Lipinski definition) is 2. The smallest absolute Gasteiger partial charge is 0.230 e. The zero-order valence-electron chi connectivity index (χ0n) is 15.1. The Morgan fingerprint density at radius 2 is 1.88 bits per heavy atom. The van der Waals surface area contributed by atoms with Gasteiger partial charge in [-0.1, -0.05) is 42.6 Å². The van der Waals surface area contributed by atoms with Gasteiger partial charge in [0.1, 0.15) is 0 Å². The van der Waals surface area contributed by atoms with Crippen LogP contribution in [0.1, 0.15) is 31.2 Å². The molecule has 0 atom stereocenters. The number of benzene rings is 1. The summed E-state index contributed by atoms with van der Waals surface area (Å²) in [5.74, 6) is 0.891. The predicted octanol–water partition coefficient (Wildman–Crippen LogP) is 3.27. The second-order valence-corrected chi connectivity index (χ2v) is 6.96. The van der Waals surface area contributed by atoms with Crippen LogP contribution in [0.25, 0.3) is 0 Å². The lowest BCUT2D eigenvalue weighted by atomic mass is 9.84. The van der Waals surface area contributed by atoms with Crippen LogP contribution in [0.2, 0.25) is 5.02 Å². The number of hydrogen-bond acceptors (Lipinski definition) is 2. The van der Waals surface area contributed by atoms with Crippen molar-refractivity contribution in [2.45, 2.75) is 32.2 Å². The van der Waals surface area contributed by atoms with Gasteiger partial charge in [0, 0.05) is 39.3 Å². The van der Waals surface area contributed by atoms with Crippen LogP contribution in [0.5, 0.6) is 0 Å². The average molecular weight is 479 g/mol. The summed E-state index contributed by atoms with van der Waals surface area (Å²) in [6.07, 6.45) is 4.07. The van der Waals surface area contributed by atoms with Crippen molar-refractivity contribution in [1.82, 2.24) is 15.5 Å². The van der Waals surface area contributed by atoms with Crippen molar-refractivity contribution >= 4 is 47.4 Å². The Morgan fingerprint density at radius 1 is 1.24 bits per heavy atom. The quantitative estimate of drug-likeness (QED) is 0.388. The summed E-state index contributed by atoms with van der Waals surface area (Å²) in [4.78, 5) is 18.6. The van der Waals surface area contributed by atoms with E-state index in [1.54, 1.807) is 11.9 Å². The summed E-state index contributed by atoms with van der Waals surface area (Å²) in [5.41, 5.74) is 0.702. The van der Waals surface area contributed by atoms with E-state index >= 15 is 0 Å². The van der Waals surface area contributed by atoms with Gasteiger partial charge in [0.25, 0.3) is 0 Å². The number of halogens is 2. The largest absolute Gasteiger partial charge is 0.355 e. The molecule has 7 heteroatoms. The molecule has 1 fully saturated rings. The highest BCUT2D eigenvalue weighted by molar-refractivity contribution is 14.0. The lowest BCUT2D eigenvalue weighted by Gasteiger charge is -2.31. The fraction of sp³-hybridized carbons (Fsp3) is 0.556. The summed E-state index contributed by atoms with van der Waals surface area (Å²) < 4.78 is 0. The SMILES string of the molecule is CN=C(NCc1ccccc1Cl)NCC1(C(=O)N(C)C)CCCC1.I. The normalized spacial score (nSPS) is 16.1. The van der Waals surface area contributed by atoms with Crippen LogP contribution in [0, 0.1) is 5.41 Å². The molecule has 0 saturated heterocycles. The third-order valence-electron chi connectivity index (χ3n) is 4.64. The van der Waals surface area contributed by atoms with Crippen LogP contribution >= 0.6 is 35.6 Å². The molecule has 0 spiro atoms. The van der Waals surface area contributed by atoms with Crippen molar-refractivity contribution in [3.8, 4) is 0 Å². The maximum absolute atomic E-state index is 12.6. The maximum atomic E-state index is 12.6. The summed E-state index contributed by atoms with van der Waals surface area (Å²) in [6, 6.07) is 7.73. The van der Waals surface area contributed by atoms with Gasteiger partial charge in [-0.05, 0) is 24.5 Å². The molecule has 2 N–H and O–H groups in total. The summed E-state index contributed by atoms with van der Waals surface area (Å²) in [5, 5.41) is 7.32. The summed E-state index contributed by atoms with van der Waals surface area (Å²) >= 11 is 6.18. The lowest BCUT2D eigenvalue weighted by molar-refractivity contribution is -0.138. The fourth-order valence-corrected chi connectivity index (χ4v) is 3.49. The molecule has 0 bridgehead atoms. The molecule has 25 heavy (non-hydrogen) atoms. The number of nitrogens with zero attached hydrogens (tertiary/aromatic N) is 2. The summed E-state index contributed by atoms with van der Waals surface area (Å²) in [7, 11) is 5.39. The Balaban J connectivity index is 0.00000312. The van der Waals surface area contributed by atoms with E-state index in [-0.39, 0.29) is 35.3 Å². The van der Waals surface area contributed by atoms with Gasteiger partial charge in [-0.2, -0.15) is 0 Å². The minimum Gasteiger partial charge on any atom is -0.355 e. The monoisotopic (exact) mass is 478 g/mol. The first-order valence-corrected chi connectivity index (χ1v) is 8.76. The predicted molar refractivity (Wildman–Crippen MR) is 115 cm³/mol. The van der Waals surface area contributed by atoms with E-state index < -0.39 is 0 Å². The highest BCUT2D eigenvalue weighted by Gasteiger charge is 2.42. The first kappa shape index (κ1) is 22.0. The molecule has 5 nitrogen and oxygen atoms in total. The number of amides is 1. The molecule has 1 aliphatic carbocycles. The van der Waals surface area contributed by atoms with E-state index in [1.165, 1.54) is 0 Å². The van der Waals surface area contributed by atoms with Crippen LogP contribution in [-0.4, -0.2) is 44.5 Å². The first-order chi connectivity index (χ1) is 11.5. The Hall–Kier alpha value is -1.02. The van der Waals surface area contributed by atoms with E-state index in [9.17, 15) is 4.79 Å². The maximum Gasteiger partial charge on any atom is 0.230 e. The molecule has 1 saturated carbocycles. The number of aliphatic imine (C=N–C) groups is 1. The molecule has 0 radical (unpaired) electrons. The molecular formula is C18H28ClIN4O.